The van der Waals surface area contributed by atoms with E-state index >= 15 is 0 Å². The highest BCUT2D eigenvalue weighted by atomic mass is 19.4. The lowest BCUT2D eigenvalue weighted by Crippen LogP contribution is -2.57. The molecule has 2 amide bonds. The smallest absolute Gasteiger partial charge is 0.339 e. The third-order valence-electron chi connectivity index (χ3n) is 8.03. The van der Waals surface area contributed by atoms with Crippen molar-refractivity contribution in [3.8, 4) is 17.1 Å². The molecule has 2 aromatic carbocycles. The number of aryl methyl sites for hydroxylation is 2. The van der Waals surface area contributed by atoms with E-state index in [0.29, 0.717) is 47.0 Å². The Balaban J connectivity index is 1.30. The second-order valence-corrected chi connectivity index (χ2v) is 10.7. The van der Waals surface area contributed by atoms with Gasteiger partial charge in [0.15, 0.2) is 5.69 Å². The number of carbonyl (C=O) groups excluding carboxylic acids is 2. The molecule has 2 fully saturated rings. The summed E-state index contributed by atoms with van der Waals surface area (Å²) in [5, 5.41) is 7.39. The molecule has 0 bridgehead atoms. The monoisotopic (exact) mass is 593 g/mol. The van der Waals surface area contributed by atoms with Crippen LogP contribution in [0.4, 0.5) is 23.2 Å². The molecule has 0 saturated carbocycles. The fourth-order valence-electron chi connectivity index (χ4n) is 5.78. The second kappa shape index (κ2) is 10.5. The summed E-state index contributed by atoms with van der Waals surface area (Å²) < 4.78 is 54.6. The minimum Gasteiger partial charge on any atom is -0.339 e. The molecule has 9 nitrogen and oxygen atoms in total. The van der Waals surface area contributed by atoms with Gasteiger partial charge >= 0.3 is 6.18 Å². The highest BCUT2D eigenvalue weighted by Crippen LogP contribution is 2.37. The van der Waals surface area contributed by atoms with Crippen molar-refractivity contribution in [3.05, 3.63) is 89.3 Å². The van der Waals surface area contributed by atoms with E-state index in [1.165, 1.54) is 28.9 Å². The van der Waals surface area contributed by atoms with Gasteiger partial charge in [-0.1, -0.05) is 0 Å². The van der Waals surface area contributed by atoms with E-state index in [0.717, 1.165) is 12.1 Å². The summed E-state index contributed by atoms with van der Waals surface area (Å²) >= 11 is 0. The average molecular weight is 594 g/mol. The van der Waals surface area contributed by atoms with Gasteiger partial charge in [-0.25, -0.2) is 9.07 Å². The summed E-state index contributed by atoms with van der Waals surface area (Å²) in [6, 6.07) is 12.0. The fourth-order valence-corrected chi connectivity index (χ4v) is 5.78. The molecule has 0 unspecified atom stereocenters. The first-order valence-electron chi connectivity index (χ1n) is 13.7. The molecule has 0 atom stereocenters. The quantitative estimate of drug-likeness (QED) is 0.346. The van der Waals surface area contributed by atoms with Crippen LogP contribution in [0.15, 0.2) is 60.8 Å². The second-order valence-electron chi connectivity index (χ2n) is 10.7. The van der Waals surface area contributed by atoms with Crippen molar-refractivity contribution in [2.75, 3.05) is 24.7 Å². The van der Waals surface area contributed by atoms with E-state index in [1.54, 1.807) is 43.1 Å². The third-order valence-corrected chi connectivity index (χ3v) is 8.03. The van der Waals surface area contributed by atoms with Crippen LogP contribution in [0.3, 0.4) is 0 Å². The third kappa shape index (κ3) is 5.08. The number of hydrogen-bond donors (Lipinski definition) is 1. The van der Waals surface area contributed by atoms with Crippen LogP contribution in [0.1, 0.15) is 40.3 Å². The molecule has 0 aliphatic carbocycles. The van der Waals surface area contributed by atoms with E-state index < -0.39 is 17.3 Å². The van der Waals surface area contributed by atoms with Crippen LogP contribution in [-0.2, 0) is 11.0 Å². The highest BCUT2D eigenvalue weighted by Gasteiger charge is 2.51. The summed E-state index contributed by atoms with van der Waals surface area (Å²) in [6.07, 6.45) is -2.24. The number of nitrogens with zero attached hydrogens (tertiary/aromatic N) is 6. The minimum atomic E-state index is -4.50. The van der Waals surface area contributed by atoms with Crippen LogP contribution in [0, 0.1) is 19.7 Å². The Morgan fingerprint density at radius 2 is 1.63 bits per heavy atom. The van der Waals surface area contributed by atoms with Gasteiger partial charge in [0.1, 0.15) is 17.1 Å². The van der Waals surface area contributed by atoms with Crippen molar-refractivity contribution < 1.29 is 27.2 Å². The Hall–Kier alpha value is -4.81. The van der Waals surface area contributed by atoms with Gasteiger partial charge in [0.2, 0.25) is 5.91 Å². The lowest BCUT2D eigenvalue weighted by atomic mass is 9.85. The number of piperidine rings is 1. The average Bonchev–Trinajstić information content (AvgIpc) is 3.55. The molecule has 4 aromatic rings. The first-order valence-corrected chi connectivity index (χ1v) is 13.7. The molecule has 1 spiro atoms. The molecule has 13 heteroatoms. The number of halogens is 4. The Labute approximate surface area is 244 Å². The zero-order valence-electron chi connectivity index (χ0n) is 23.3. The van der Waals surface area contributed by atoms with Crippen LogP contribution in [-0.4, -0.2) is 61.8 Å². The summed E-state index contributed by atoms with van der Waals surface area (Å²) in [4.78, 5) is 39.2. The standard InChI is InChI=1S/C30H27F4N7O2/c1-18-16-35-26(19(2)37-18)25-15-24(38-41(25)23-7-3-20(4-8-23)30(32,33)34)27(42)39-13-11-29(12-14-39)28(43)36-17-40(29)22-9-5-21(31)6-10-22/h3-10,15-16H,11-14,17H2,1-2H3,(H,36,43). The fraction of sp³-hybridized carbons (Fsp3) is 0.300. The van der Waals surface area contributed by atoms with E-state index in [2.05, 4.69) is 20.4 Å². The van der Waals surface area contributed by atoms with Gasteiger partial charge in [0.25, 0.3) is 5.91 Å². The largest absolute Gasteiger partial charge is 0.416 e. The summed E-state index contributed by atoms with van der Waals surface area (Å²) in [7, 11) is 0. The minimum absolute atomic E-state index is 0.0823. The van der Waals surface area contributed by atoms with Gasteiger partial charge in [-0.2, -0.15) is 18.3 Å². The van der Waals surface area contributed by atoms with E-state index in [-0.39, 0.29) is 43.1 Å². The Morgan fingerprint density at radius 1 is 0.977 bits per heavy atom. The van der Waals surface area contributed by atoms with Crippen LogP contribution in [0.25, 0.3) is 17.1 Å². The highest BCUT2D eigenvalue weighted by molar-refractivity contribution is 5.96. The Morgan fingerprint density at radius 3 is 2.26 bits per heavy atom. The predicted molar refractivity (Wildman–Crippen MR) is 149 cm³/mol. The van der Waals surface area contributed by atoms with E-state index in [1.807, 2.05) is 4.90 Å². The van der Waals surface area contributed by atoms with Crippen LogP contribution >= 0.6 is 0 Å². The molecule has 43 heavy (non-hydrogen) atoms. The maximum absolute atomic E-state index is 13.7. The van der Waals surface area contributed by atoms with Gasteiger partial charge in [0.05, 0.1) is 35.0 Å². The van der Waals surface area contributed by atoms with Crippen molar-refractivity contribution >= 4 is 17.5 Å². The van der Waals surface area contributed by atoms with Gasteiger partial charge in [-0.05, 0) is 81.3 Å². The number of alkyl halides is 3. The Bertz CT molecular complexity index is 1690. The SMILES string of the molecule is Cc1cnc(-c2cc(C(=O)N3CCC4(CC3)C(=O)NCN4c3ccc(F)cc3)nn2-c2ccc(C(F)(F)F)cc2)c(C)n1. The molecule has 2 aliphatic rings. The number of nitrogens with one attached hydrogen (secondary N) is 1. The lowest BCUT2D eigenvalue weighted by Gasteiger charge is -2.43. The number of carbonyl (C=O) groups is 2. The Kier molecular flexibility index (Phi) is 6.90. The number of hydrogen-bond acceptors (Lipinski definition) is 6. The number of benzene rings is 2. The number of likely N-dealkylation sites (tertiary alicyclic amines) is 1. The number of anilines is 1. The van der Waals surface area contributed by atoms with Gasteiger partial charge in [-0.3, -0.25) is 19.6 Å². The maximum Gasteiger partial charge on any atom is 0.416 e. The molecular weight excluding hydrogens is 566 g/mol. The van der Waals surface area contributed by atoms with Crippen molar-refractivity contribution in [2.45, 2.75) is 38.4 Å². The molecule has 1 N–H and O–H groups in total. The van der Waals surface area contributed by atoms with Crippen molar-refractivity contribution in [2.24, 2.45) is 0 Å². The van der Waals surface area contributed by atoms with E-state index in [9.17, 15) is 27.2 Å². The van der Waals surface area contributed by atoms with Gasteiger partial charge in [-0.15, -0.1) is 0 Å². The van der Waals surface area contributed by atoms with Crippen molar-refractivity contribution in [3.63, 3.8) is 0 Å². The van der Waals surface area contributed by atoms with Crippen molar-refractivity contribution in [1.29, 1.82) is 0 Å². The van der Waals surface area contributed by atoms with Crippen LogP contribution in [0.5, 0.6) is 0 Å². The number of aromatic nitrogens is 4. The maximum atomic E-state index is 13.7. The molecule has 222 valence electrons. The number of rotatable bonds is 4. The molecular formula is C30H27F4N7O2. The zero-order valence-corrected chi connectivity index (χ0v) is 23.3. The van der Waals surface area contributed by atoms with Gasteiger partial charge < -0.3 is 15.1 Å². The van der Waals surface area contributed by atoms with Crippen LogP contribution < -0.4 is 10.2 Å². The molecule has 2 saturated heterocycles. The lowest BCUT2D eigenvalue weighted by molar-refractivity contribution is -0.137. The van der Waals surface area contributed by atoms with Gasteiger partial charge in [0, 0.05) is 25.0 Å². The van der Waals surface area contributed by atoms with Crippen molar-refractivity contribution in [1.82, 2.24) is 30.0 Å². The van der Waals surface area contributed by atoms with Crippen LogP contribution in [0.2, 0.25) is 0 Å². The first-order chi connectivity index (χ1) is 20.5. The topological polar surface area (TPSA) is 96.3 Å². The predicted octanol–water partition coefficient (Wildman–Crippen LogP) is 4.67. The summed E-state index contributed by atoms with van der Waals surface area (Å²) in [5.74, 6) is -0.906. The molecule has 4 heterocycles. The number of amides is 2. The molecule has 2 aliphatic heterocycles. The zero-order chi connectivity index (χ0) is 30.5. The molecule has 0 radical (unpaired) electrons. The normalized spacial score (nSPS) is 16.6. The summed E-state index contributed by atoms with van der Waals surface area (Å²) in [5.41, 5.74) is 1.51. The van der Waals surface area contributed by atoms with E-state index in [4.69, 9.17) is 0 Å². The first kappa shape index (κ1) is 28.3. The summed E-state index contributed by atoms with van der Waals surface area (Å²) in [6.45, 7) is 4.34. The molecule has 2 aromatic heterocycles. The molecule has 6 rings (SSSR count).